The normalized spacial score (nSPS) is 12.7. The van der Waals surface area contributed by atoms with Gasteiger partial charge in [-0.05, 0) is 32.0 Å². The summed E-state index contributed by atoms with van der Waals surface area (Å²) in [4.78, 5) is 0. The van der Waals surface area contributed by atoms with E-state index < -0.39 is 0 Å². The van der Waals surface area contributed by atoms with E-state index in [1.165, 1.54) is 16.8 Å². The van der Waals surface area contributed by atoms with E-state index in [9.17, 15) is 0 Å². The van der Waals surface area contributed by atoms with Crippen molar-refractivity contribution in [2.24, 2.45) is 7.05 Å². The van der Waals surface area contributed by atoms with Gasteiger partial charge in [-0.15, -0.1) is 0 Å². The van der Waals surface area contributed by atoms with Gasteiger partial charge in [0, 0.05) is 7.05 Å². The standard InChI is InChI=1S/C15H21N3/c1-5-13-10-14(18(4)17-13)15(16-3)12-8-6-11(2)7-9-12/h6-10,15-16H,5H2,1-4H3. The molecule has 0 amide bonds. The molecule has 2 aromatic rings. The summed E-state index contributed by atoms with van der Waals surface area (Å²) in [5, 5.41) is 7.89. The molecule has 0 spiro atoms. The van der Waals surface area contributed by atoms with Crippen molar-refractivity contribution in [1.29, 1.82) is 0 Å². The molecule has 2 rings (SSSR count). The van der Waals surface area contributed by atoms with Crippen molar-refractivity contribution < 1.29 is 0 Å². The molecule has 1 aromatic carbocycles. The Morgan fingerprint density at radius 2 is 1.94 bits per heavy atom. The summed E-state index contributed by atoms with van der Waals surface area (Å²) in [6.07, 6.45) is 0.970. The monoisotopic (exact) mass is 243 g/mol. The zero-order chi connectivity index (χ0) is 13.1. The summed E-state index contributed by atoms with van der Waals surface area (Å²) in [5.41, 5.74) is 4.90. The van der Waals surface area contributed by atoms with E-state index >= 15 is 0 Å². The highest BCUT2D eigenvalue weighted by molar-refractivity contribution is 5.31. The second-order valence-corrected chi connectivity index (χ2v) is 4.67. The highest BCUT2D eigenvalue weighted by Gasteiger charge is 2.16. The van der Waals surface area contributed by atoms with Gasteiger partial charge in [-0.3, -0.25) is 4.68 Å². The van der Waals surface area contributed by atoms with Crippen molar-refractivity contribution in [2.75, 3.05) is 7.05 Å². The number of nitrogens with zero attached hydrogens (tertiary/aromatic N) is 2. The first kappa shape index (κ1) is 12.8. The van der Waals surface area contributed by atoms with Crippen molar-refractivity contribution in [1.82, 2.24) is 15.1 Å². The van der Waals surface area contributed by atoms with E-state index in [-0.39, 0.29) is 6.04 Å². The number of benzene rings is 1. The minimum absolute atomic E-state index is 0.198. The molecular weight excluding hydrogens is 222 g/mol. The molecular formula is C15H21N3. The van der Waals surface area contributed by atoms with Crippen molar-refractivity contribution in [3.05, 3.63) is 52.8 Å². The van der Waals surface area contributed by atoms with Crippen LogP contribution in [0.4, 0.5) is 0 Å². The molecule has 1 N–H and O–H groups in total. The Kier molecular flexibility index (Phi) is 3.82. The van der Waals surface area contributed by atoms with Crippen LogP contribution in [-0.4, -0.2) is 16.8 Å². The fraction of sp³-hybridized carbons (Fsp3) is 0.400. The summed E-state index contributed by atoms with van der Waals surface area (Å²) in [6, 6.07) is 11.0. The molecule has 0 aliphatic heterocycles. The van der Waals surface area contributed by atoms with Crippen molar-refractivity contribution >= 4 is 0 Å². The van der Waals surface area contributed by atoms with Crippen LogP contribution >= 0.6 is 0 Å². The minimum Gasteiger partial charge on any atom is -0.308 e. The van der Waals surface area contributed by atoms with E-state index in [2.05, 4.69) is 54.6 Å². The maximum absolute atomic E-state index is 4.52. The van der Waals surface area contributed by atoms with Gasteiger partial charge in [0.2, 0.25) is 0 Å². The molecule has 0 aliphatic rings. The van der Waals surface area contributed by atoms with Gasteiger partial charge in [0.15, 0.2) is 0 Å². The predicted octanol–water partition coefficient (Wildman–Crippen LogP) is 2.60. The summed E-state index contributed by atoms with van der Waals surface area (Å²) in [7, 11) is 4.00. The first-order chi connectivity index (χ1) is 8.65. The lowest BCUT2D eigenvalue weighted by molar-refractivity contribution is 0.603. The van der Waals surface area contributed by atoms with Crippen LogP contribution in [-0.2, 0) is 13.5 Å². The molecule has 1 unspecified atom stereocenters. The quantitative estimate of drug-likeness (QED) is 0.894. The van der Waals surface area contributed by atoms with Crippen LogP contribution in [0.3, 0.4) is 0 Å². The molecule has 1 heterocycles. The van der Waals surface area contributed by atoms with E-state index in [0.29, 0.717) is 0 Å². The number of hydrogen-bond acceptors (Lipinski definition) is 2. The Balaban J connectivity index is 2.38. The predicted molar refractivity (Wildman–Crippen MR) is 74.7 cm³/mol. The first-order valence-electron chi connectivity index (χ1n) is 6.42. The summed E-state index contributed by atoms with van der Waals surface area (Å²) >= 11 is 0. The van der Waals surface area contributed by atoms with E-state index in [1.54, 1.807) is 0 Å². The van der Waals surface area contributed by atoms with Crippen molar-refractivity contribution in [2.45, 2.75) is 26.3 Å². The molecule has 1 atom stereocenters. The van der Waals surface area contributed by atoms with Gasteiger partial charge < -0.3 is 5.32 Å². The fourth-order valence-corrected chi connectivity index (χ4v) is 2.23. The van der Waals surface area contributed by atoms with Crippen LogP contribution in [0.25, 0.3) is 0 Å². The summed E-state index contributed by atoms with van der Waals surface area (Å²) in [5.74, 6) is 0. The minimum atomic E-state index is 0.198. The number of hydrogen-bond donors (Lipinski definition) is 1. The third-order valence-corrected chi connectivity index (χ3v) is 3.32. The Labute approximate surface area is 109 Å². The molecule has 18 heavy (non-hydrogen) atoms. The number of rotatable bonds is 4. The smallest absolute Gasteiger partial charge is 0.0745 e. The van der Waals surface area contributed by atoms with Crippen molar-refractivity contribution in [3.63, 3.8) is 0 Å². The number of aryl methyl sites for hydroxylation is 3. The largest absolute Gasteiger partial charge is 0.308 e. The lowest BCUT2D eigenvalue weighted by Crippen LogP contribution is -2.20. The average Bonchev–Trinajstić information content (AvgIpc) is 2.74. The molecule has 0 aliphatic carbocycles. The van der Waals surface area contributed by atoms with Crippen LogP contribution in [0.5, 0.6) is 0 Å². The van der Waals surface area contributed by atoms with E-state index in [0.717, 1.165) is 12.1 Å². The molecule has 0 saturated carbocycles. The van der Waals surface area contributed by atoms with E-state index in [1.807, 2.05) is 18.8 Å². The fourth-order valence-electron chi connectivity index (χ4n) is 2.23. The third-order valence-electron chi connectivity index (χ3n) is 3.32. The van der Waals surface area contributed by atoms with Gasteiger partial charge >= 0.3 is 0 Å². The molecule has 0 saturated heterocycles. The van der Waals surface area contributed by atoms with Crippen LogP contribution in [0.15, 0.2) is 30.3 Å². The topological polar surface area (TPSA) is 29.9 Å². The highest BCUT2D eigenvalue weighted by Crippen LogP contribution is 2.22. The van der Waals surface area contributed by atoms with Gasteiger partial charge in [0.1, 0.15) is 0 Å². The second-order valence-electron chi connectivity index (χ2n) is 4.67. The van der Waals surface area contributed by atoms with Gasteiger partial charge in [-0.2, -0.15) is 5.10 Å². The third kappa shape index (κ3) is 2.46. The molecule has 0 fully saturated rings. The zero-order valence-corrected chi connectivity index (χ0v) is 11.6. The molecule has 1 aromatic heterocycles. The molecule has 96 valence electrons. The van der Waals surface area contributed by atoms with Crippen LogP contribution in [0.1, 0.15) is 35.5 Å². The summed E-state index contributed by atoms with van der Waals surface area (Å²) in [6.45, 7) is 4.24. The second kappa shape index (κ2) is 5.36. The SMILES string of the molecule is CCc1cc(C(NC)c2ccc(C)cc2)n(C)n1. The van der Waals surface area contributed by atoms with E-state index in [4.69, 9.17) is 0 Å². The van der Waals surface area contributed by atoms with Crippen LogP contribution < -0.4 is 5.32 Å². The van der Waals surface area contributed by atoms with Gasteiger partial charge in [0.25, 0.3) is 0 Å². The highest BCUT2D eigenvalue weighted by atomic mass is 15.3. The number of nitrogens with one attached hydrogen (secondary N) is 1. The molecule has 3 nitrogen and oxygen atoms in total. The molecule has 0 bridgehead atoms. The van der Waals surface area contributed by atoms with Crippen LogP contribution in [0.2, 0.25) is 0 Å². The van der Waals surface area contributed by atoms with Crippen molar-refractivity contribution in [3.8, 4) is 0 Å². The van der Waals surface area contributed by atoms with Gasteiger partial charge in [-0.1, -0.05) is 36.8 Å². The molecule has 0 radical (unpaired) electrons. The maximum atomic E-state index is 4.52. The lowest BCUT2D eigenvalue weighted by atomic mass is 10.0. The average molecular weight is 243 g/mol. The zero-order valence-electron chi connectivity index (χ0n) is 11.6. The van der Waals surface area contributed by atoms with Gasteiger partial charge in [-0.25, -0.2) is 0 Å². The Hall–Kier alpha value is -1.61. The van der Waals surface area contributed by atoms with Crippen LogP contribution in [0, 0.1) is 6.92 Å². The molecule has 3 heteroatoms. The maximum Gasteiger partial charge on any atom is 0.0745 e. The first-order valence-corrected chi connectivity index (χ1v) is 6.42. The number of aromatic nitrogens is 2. The summed E-state index contributed by atoms with van der Waals surface area (Å²) < 4.78 is 1.97. The Morgan fingerprint density at radius 1 is 1.28 bits per heavy atom. The Bertz CT molecular complexity index is 511. The van der Waals surface area contributed by atoms with Gasteiger partial charge in [0.05, 0.1) is 17.4 Å². The lowest BCUT2D eigenvalue weighted by Gasteiger charge is -2.17. The Morgan fingerprint density at radius 3 is 2.44 bits per heavy atom.